The molecule has 0 saturated carbocycles. The summed E-state index contributed by atoms with van der Waals surface area (Å²) in [5.74, 6) is 1.08. The van der Waals surface area contributed by atoms with Crippen LogP contribution in [0.1, 0.15) is 27.2 Å². The highest BCUT2D eigenvalue weighted by Gasteiger charge is 2.10. The molecule has 1 heterocycles. The van der Waals surface area contributed by atoms with Crippen LogP contribution in [-0.2, 0) is 0 Å². The van der Waals surface area contributed by atoms with Crippen LogP contribution in [0.4, 0.5) is 11.9 Å². The van der Waals surface area contributed by atoms with Gasteiger partial charge < -0.3 is 20.3 Å². The maximum atomic E-state index is 5.38. The van der Waals surface area contributed by atoms with E-state index in [2.05, 4.69) is 44.3 Å². The summed E-state index contributed by atoms with van der Waals surface area (Å²) in [5, 5.41) is 6.42. The molecule has 0 aliphatic rings. The topological polar surface area (TPSA) is 75.2 Å². The zero-order valence-corrected chi connectivity index (χ0v) is 13.1. The molecule has 0 aromatic carbocycles. The largest absolute Gasteiger partial charge is 0.464 e. The van der Waals surface area contributed by atoms with Gasteiger partial charge in [0.15, 0.2) is 0 Å². The average molecular weight is 282 g/mol. The molecule has 0 spiro atoms. The molecule has 20 heavy (non-hydrogen) atoms. The molecule has 0 aliphatic heterocycles. The Balaban J connectivity index is 2.79. The summed E-state index contributed by atoms with van der Waals surface area (Å²) in [6, 6.07) is 0.585. The first-order valence-electron chi connectivity index (χ1n) is 7.09. The first kappa shape index (κ1) is 16.4. The van der Waals surface area contributed by atoms with Crippen molar-refractivity contribution in [1.82, 2.24) is 19.9 Å². The lowest BCUT2D eigenvalue weighted by Crippen LogP contribution is -2.30. The Morgan fingerprint density at radius 2 is 1.85 bits per heavy atom. The summed E-state index contributed by atoms with van der Waals surface area (Å²) >= 11 is 0. The number of nitrogens with one attached hydrogen (secondary N) is 2. The third kappa shape index (κ3) is 6.01. The van der Waals surface area contributed by atoms with Crippen LogP contribution in [0.5, 0.6) is 6.01 Å². The summed E-state index contributed by atoms with van der Waals surface area (Å²) in [7, 11) is 4.07. The van der Waals surface area contributed by atoms with Gasteiger partial charge in [-0.1, -0.05) is 6.92 Å². The highest BCUT2D eigenvalue weighted by Crippen LogP contribution is 2.12. The van der Waals surface area contributed by atoms with Crippen LogP contribution < -0.4 is 15.4 Å². The smallest absolute Gasteiger partial charge is 0.323 e. The summed E-state index contributed by atoms with van der Waals surface area (Å²) < 4.78 is 5.38. The van der Waals surface area contributed by atoms with Gasteiger partial charge in [-0.25, -0.2) is 0 Å². The van der Waals surface area contributed by atoms with Crippen molar-refractivity contribution in [3.05, 3.63) is 0 Å². The summed E-state index contributed by atoms with van der Waals surface area (Å²) in [6.07, 6.45) is 1.01. The lowest BCUT2D eigenvalue weighted by atomic mass is 10.3. The van der Waals surface area contributed by atoms with Crippen LogP contribution in [0, 0.1) is 0 Å². The molecule has 114 valence electrons. The van der Waals surface area contributed by atoms with E-state index >= 15 is 0 Å². The molecule has 2 N–H and O–H groups in total. The van der Waals surface area contributed by atoms with Crippen molar-refractivity contribution in [1.29, 1.82) is 0 Å². The average Bonchev–Trinajstić information content (AvgIpc) is 2.35. The van der Waals surface area contributed by atoms with E-state index in [1.54, 1.807) is 0 Å². The molecule has 1 unspecified atom stereocenters. The van der Waals surface area contributed by atoms with E-state index in [-0.39, 0.29) is 6.04 Å². The Morgan fingerprint density at radius 1 is 1.15 bits per heavy atom. The minimum atomic E-state index is 0.237. The number of anilines is 2. The second kappa shape index (κ2) is 8.52. The van der Waals surface area contributed by atoms with Crippen LogP contribution >= 0.6 is 0 Å². The quantitative estimate of drug-likeness (QED) is 0.710. The maximum Gasteiger partial charge on any atom is 0.323 e. The Hall–Kier alpha value is -1.63. The minimum Gasteiger partial charge on any atom is -0.464 e. The predicted molar refractivity (Wildman–Crippen MR) is 81.4 cm³/mol. The third-order valence-electron chi connectivity index (χ3n) is 2.44. The number of aromatic nitrogens is 3. The lowest BCUT2D eigenvalue weighted by molar-refractivity contribution is 0.312. The monoisotopic (exact) mass is 282 g/mol. The summed E-state index contributed by atoms with van der Waals surface area (Å²) in [5.41, 5.74) is 0. The van der Waals surface area contributed by atoms with Crippen LogP contribution in [0.15, 0.2) is 0 Å². The Kier molecular flexibility index (Phi) is 7.00. The molecule has 1 rings (SSSR count). The highest BCUT2D eigenvalue weighted by molar-refractivity contribution is 5.36. The fraction of sp³-hybridized carbons (Fsp3) is 0.769. The van der Waals surface area contributed by atoms with Crippen LogP contribution in [-0.4, -0.2) is 59.7 Å². The maximum absolute atomic E-state index is 5.38. The van der Waals surface area contributed by atoms with Gasteiger partial charge in [0.1, 0.15) is 0 Å². The van der Waals surface area contributed by atoms with Crippen LogP contribution in [0.3, 0.4) is 0 Å². The summed E-state index contributed by atoms with van der Waals surface area (Å²) in [4.78, 5) is 15.0. The molecule has 0 bridgehead atoms. The number of hydrogen-bond acceptors (Lipinski definition) is 7. The van der Waals surface area contributed by atoms with Crippen molar-refractivity contribution < 1.29 is 4.74 Å². The molecule has 0 amide bonds. The van der Waals surface area contributed by atoms with Gasteiger partial charge in [0.05, 0.1) is 6.61 Å². The van der Waals surface area contributed by atoms with Gasteiger partial charge in [-0.05, 0) is 34.4 Å². The van der Waals surface area contributed by atoms with Gasteiger partial charge in [0, 0.05) is 19.1 Å². The first-order chi connectivity index (χ1) is 9.55. The number of nitrogens with zero attached hydrogens (tertiary/aromatic N) is 4. The van der Waals surface area contributed by atoms with E-state index in [4.69, 9.17) is 4.74 Å². The van der Waals surface area contributed by atoms with Crippen molar-refractivity contribution in [2.24, 2.45) is 0 Å². The molecular formula is C13H26N6O. The Bertz CT molecular complexity index is 398. The molecule has 0 radical (unpaired) electrons. The zero-order valence-electron chi connectivity index (χ0n) is 13.1. The second-order valence-electron chi connectivity index (χ2n) is 4.93. The van der Waals surface area contributed by atoms with E-state index in [0.29, 0.717) is 24.5 Å². The molecule has 0 aliphatic carbocycles. The molecule has 1 aromatic heterocycles. The van der Waals surface area contributed by atoms with Crippen molar-refractivity contribution in [3.63, 3.8) is 0 Å². The van der Waals surface area contributed by atoms with E-state index in [1.165, 1.54) is 0 Å². The molecule has 7 nitrogen and oxygen atoms in total. The van der Waals surface area contributed by atoms with Crippen molar-refractivity contribution in [2.45, 2.75) is 33.2 Å². The molecule has 0 saturated heterocycles. The second-order valence-corrected chi connectivity index (χ2v) is 4.93. The van der Waals surface area contributed by atoms with Crippen LogP contribution in [0.2, 0.25) is 0 Å². The number of ether oxygens (including phenoxy) is 1. The molecule has 1 aromatic rings. The van der Waals surface area contributed by atoms with Gasteiger partial charge in [-0.3, -0.25) is 0 Å². The van der Waals surface area contributed by atoms with Gasteiger partial charge in [0.25, 0.3) is 0 Å². The minimum absolute atomic E-state index is 0.237. The third-order valence-corrected chi connectivity index (χ3v) is 2.44. The van der Waals surface area contributed by atoms with Gasteiger partial charge >= 0.3 is 6.01 Å². The van der Waals surface area contributed by atoms with E-state index in [9.17, 15) is 0 Å². The van der Waals surface area contributed by atoms with E-state index < -0.39 is 0 Å². The first-order valence-corrected chi connectivity index (χ1v) is 7.09. The van der Waals surface area contributed by atoms with Crippen molar-refractivity contribution in [3.8, 4) is 6.01 Å². The fourth-order valence-electron chi connectivity index (χ4n) is 1.74. The molecule has 0 fully saturated rings. The zero-order chi connectivity index (χ0) is 15.0. The summed E-state index contributed by atoms with van der Waals surface area (Å²) in [6.45, 7) is 8.34. The van der Waals surface area contributed by atoms with Crippen LogP contribution in [0.25, 0.3) is 0 Å². The number of likely N-dealkylation sites (N-methyl/N-ethyl adjacent to an activating group) is 1. The molecule has 1 atom stereocenters. The normalized spacial score (nSPS) is 12.3. The van der Waals surface area contributed by atoms with Gasteiger partial charge in [0.2, 0.25) is 11.9 Å². The fourth-order valence-corrected chi connectivity index (χ4v) is 1.74. The lowest BCUT2D eigenvalue weighted by Gasteiger charge is -2.18. The standard InChI is InChI=1S/C13H26N6O/c1-6-8-14-11-16-12(15-10(3)9-19(4)5)18-13(17-11)20-7-2/h10H,6-9H2,1-5H3,(H2,14,15,16,17,18). The highest BCUT2D eigenvalue weighted by atomic mass is 16.5. The molecule has 7 heteroatoms. The van der Waals surface area contributed by atoms with Gasteiger partial charge in [-0.2, -0.15) is 15.0 Å². The van der Waals surface area contributed by atoms with Crippen molar-refractivity contribution >= 4 is 11.9 Å². The Morgan fingerprint density at radius 3 is 2.45 bits per heavy atom. The predicted octanol–water partition coefficient (Wildman–Crippen LogP) is 1.45. The van der Waals surface area contributed by atoms with Gasteiger partial charge in [-0.15, -0.1) is 0 Å². The van der Waals surface area contributed by atoms with Crippen molar-refractivity contribution in [2.75, 3.05) is 44.4 Å². The van der Waals surface area contributed by atoms with E-state index in [0.717, 1.165) is 19.5 Å². The number of rotatable bonds is 9. The SMILES string of the molecule is CCCNc1nc(NC(C)CN(C)C)nc(OCC)n1. The molecular weight excluding hydrogens is 256 g/mol. The number of hydrogen-bond donors (Lipinski definition) is 2. The Labute approximate surface area is 121 Å². The van der Waals surface area contributed by atoms with E-state index in [1.807, 2.05) is 21.0 Å².